The van der Waals surface area contributed by atoms with Crippen molar-refractivity contribution in [3.05, 3.63) is 54.2 Å². The van der Waals surface area contributed by atoms with E-state index in [9.17, 15) is 9.59 Å². The number of carbonyl (C=O) groups is 2. The normalized spacial score (nSPS) is 17.3. The summed E-state index contributed by atoms with van der Waals surface area (Å²) in [6.45, 7) is 0.879. The van der Waals surface area contributed by atoms with Crippen molar-refractivity contribution in [2.45, 2.75) is 12.5 Å². The average Bonchev–Trinajstić information content (AvgIpc) is 3.42. The highest BCUT2D eigenvalue weighted by Gasteiger charge is 2.33. The third-order valence-electron chi connectivity index (χ3n) is 5.32. The molecule has 4 rings (SSSR count). The van der Waals surface area contributed by atoms with Gasteiger partial charge in [-0.3, -0.25) is 14.7 Å². The number of nitrogens with two attached hydrogens (primary N) is 1. The number of carbonyl (C=O) groups excluding carboxylic acids is 2. The molecule has 0 bridgehead atoms. The Morgan fingerprint density at radius 1 is 1.28 bits per heavy atom. The number of anilines is 1. The smallest absolute Gasteiger partial charge is 0.244 e. The third kappa shape index (κ3) is 3.93. The van der Waals surface area contributed by atoms with Crippen LogP contribution >= 0.6 is 0 Å². The first-order chi connectivity index (χ1) is 14.0. The molecule has 1 saturated heterocycles. The van der Waals surface area contributed by atoms with Crippen LogP contribution in [-0.4, -0.2) is 47.1 Å². The molecule has 8 heteroatoms. The van der Waals surface area contributed by atoms with Gasteiger partial charge in [-0.25, -0.2) is 0 Å². The minimum absolute atomic E-state index is 0.0961. The van der Waals surface area contributed by atoms with Gasteiger partial charge < -0.3 is 20.7 Å². The molecule has 4 N–H and O–H groups in total. The summed E-state index contributed by atoms with van der Waals surface area (Å²) in [5.41, 5.74) is 8.50. The Morgan fingerprint density at radius 2 is 2.07 bits per heavy atom. The number of aromatic nitrogens is 2. The topological polar surface area (TPSA) is 113 Å². The predicted molar refractivity (Wildman–Crippen MR) is 109 cm³/mol. The van der Waals surface area contributed by atoms with E-state index in [1.54, 1.807) is 42.5 Å². The zero-order valence-corrected chi connectivity index (χ0v) is 16.1. The van der Waals surface area contributed by atoms with E-state index >= 15 is 0 Å². The van der Waals surface area contributed by atoms with Gasteiger partial charge in [-0.05, 0) is 42.3 Å². The van der Waals surface area contributed by atoms with E-state index in [0.717, 1.165) is 16.5 Å². The van der Waals surface area contributed by atoms with Gasteiger partial charge in [0.1, 0.15) is 11.8 Å². The highest BCUT2D eigenvalue weighted by atomic mass is 16.5. The largest absolute Gasteiger partial charge is 0.497 e. The van der Waals surface area contributed by atoms with E-state index in [1.807, 2.05) is 18.2 Å². The molecule has 0 saturated carbocycles. The molecule has 2 unspecified atom stereocenters. The average molecular weight is 393 g/mol. The lowest BCUT2D eigenvalue weighted by Gasteiger charge is -2.21. The minimum atomic E-state index is -0.758. The fourth-order valence-electron chi connectivity index (χ4n) is 3.59. The Balaban J connectivity index is 1.37. The van der Waals surface area contributed by atoms with Crippen molar-refractivity contribution >= 4 is 28.4 Å². The van der Waals surface area contributed by atoms with Crippen molar-refractivity contribution in [1.29, 1.82) is 0 Å². The van der Waals surface area contributed by atoms with Gasteiger partial charge in [-0.15, -0.1) is 0 Å². The van der Waals surface area contributed by atoms with Gasteiger partial charge in [0.15, 0.2) is 0 Å². The van der Waals surface area contributed by atoms with Gasteiger partial charge in [0, 0.05) is 24.2 Å². The third-order valence-corrected chi connectivity index (χ3v) is 5.32. The molecule has 29 heavy (non-hydrogen) atoms. The first-order valence-electron chi connectivity index (χ1n) is 9.47. The second-order valence-electron chi connectivity index (χ2n) is 7.18. The number of methoxy groups -OCH3 is 1. The lowest BCUT2D eigenvalue weighted by molar-refractivity contribution is -0.132. The van der Waals surface area contributed by atoms with Crippen LogP contribution in [-0.2, 0) is 9.59 Å². The molecular weight excluding hydrogens is 370 g/mol. The monoisotopic (exact) mass is 393 g/mol. The number of hydrogen-bond acceptors (Lipinski definition) is 5. The van der Waals surface area contributed by atoms with Crippen LogP contribution in [0.15, 0.2) is 48.7 Å². The number of hydrogen-bond donors (Lipinski definition) is 3. The first kappa shape index (κ1) is 18.9. The van der Waals surface area contributed by atoms with Crippen molar-refractivity contribution in [2.24, 2.45) is 11.7 Å². The summed E-state index contributed by atoms with van der Waals surface area (Å²) in [6.07, 6.45) is 2.32. The fraction of sp³-hybridized carbons (Fsp3) is 0.286. The summed E-state index contributed by atoms with van der Waals surface area (Å²) in [5, 5.41) is 10.7. The van der Waals surface area contributed by atoms with Crippen LogP contribution in [0.1, 0.15) is 18.0 Å². The molecule has 2 aromatic carbocycles. The van der Waals surface area contributed by atoms with Gasteiger partial charge in [-0.2, -0.15) is 5.10 Å². The summed E-state index contributed by atoms with van der Waals surface area (Å²) in [4.78, 5) is 27.1. The molecule has 0 spiro atoms. The van der Waals surface area contributed by atoms with E-state index in [1.165, 1.54) is 0 Å². The Hall–Kier alpha value is -3.39. The molecule has 2 atom stereocenters. The second-order valence-corrected chi connectivity index (χ2v) is 7.18. The number of aromatic amines is 1. The number of H-pyrrole nitrogens is 1. The Morgan fingerprint density at radius 3 is 2.83 bits per heavy atom. The molecule has 3 aromatic rings. The van der Waals surface area contributed by atoms with E-state index < -0.39 is 6.04 Å². The SMILES string of the molecule is COc1ccc(C(N)C(=O)N2CCC(C(=O)Nc3ccc4[nH]ncc4c3)C2)cc1. The quantitative estimate of drug-likeness (QED) is 0.614. The summed E-state index contributed by atoms with van der Waals surface area (Å²) in [6, 6.07) is 11.9. The van der Waals surface area contributed by atoms with Crippen molar-refractivity contribution in [2.75, 3.05) is 25.5 Å². The maximum atomic E-state index is 12.8. The van der Waals surface area contributed by atoms with Crippen molar-refractivity contribution in [3.8, 4) is 5.75 Å². The molecule has 0 aliphatic carbocycles. The van der Waals surface area contributed by atoms with E-state index in [0.29, 0.717) is 30.9 Å². The molecule has 2 amide bonds. The fourth-order valence-corrected chi connectivity index (χ4v) is 3.59. The Labute approximate surface area is 168 Å². The number of ether oxygens (including phenoxy) is 1. The number of nitrogens with one attached hydrogen (secondary N) is 2. The van der Waals surface area contributed by atoms with Crippen LogP contribution in [0.3, 0.4) is 0 Å². The predicted octanol–water partition coefficient (Wildman–Crippen LogP) is 2.06. The lowest BCUT2D eigenvalue weighted by atomic mass is 10.1. The number of benzene rings is 2. The van der Waals surface area contributed by atoms with Crippen LogP contribution in [0.5, 0.6) is 5.75 Å². The summed E-state index contributed by atoms with van der Waals surface area (Å²) in [7, 11) is 1.59. The highest BCUT2D eigenvalue weighted by molar-refractivity contribution is 5.95. The Kier molecular flexibility index (Phi) is 5.18. The number of fused-ring (bicyclic) bond motifs is 1. The lowest BCUT2D eigenvalue weighted by Crippen LogP contribution is -2.38. The molecule has 0 radical (unpaired) electrons. The molecule has 8 nitrogen and oxygen atoms in total. The van der Waals surface area contributed by atoms with E-state index in [2.05, 4.69) is 15.5 Å². The molecular formula is C21H23N5O3. The highest BCUT2D eigenvalue weighted by Crippen LogP contribution is 2.24. The summed E-state index contributed by atoms with van der Waals surface area (Å²) < 4.78 is 5.13. The molecule has 1 aliphatic heterocycles. The van der Waals surface area contributed by atoms with Gasteiger partial charge in [0.05, 0.1) is 24.7 Å². The van der Waals surface area contributed by atoms with Gasteiger partial charge in [-0.1, -0.05) is 12.1 Å². The van der Waals surface area contributed by atoms with Gasteiger partial charge in [0.2, 0.25) is 11.8 Å². The van der Waals surface area contributed by atoms with E-state index in [-0.39, 0.29) is 17.7 Å². The van der Waals surface area contributed by atoms with Crippen molar-refractivity contribution < 1.29 is 14.3 Å². The van der Waals surface area contributed by atoms with Crippen LogP contribution in [0.25, 0.3) is 10.9 Å². The molecule has 1 aliphatic rings. The second kappa shape index (κ2) is 7.92. The van der Waals surface area contributed by atoms with Crippen LogP contribution in [0.2, 0.25) is 0 Å². The molecule has 1 fully saturated rings. The maximum absolute atomic E-state index is 12.8. The van der Waals surface area contributed by atoms with Crippen LogP contribution in [0.4, 0.5) is 5.69 Å². The number of rotatable bonds is 5. The van der Waals surface area contributed by atoms with Gasteiger partial charge in [0.25, 0.3) is 0 Å². The summed E-state index contributed by atoms with van der Waals surface area (Å²) in [5.74, 6) is 0.174. The standard InChI is InChI=1S/C21H23N5O3/c1-29-17-5-2-13(3-6-17)19(22)21(28)26-9-8-14(12-26)20(27)24-16-4-7-18-15(10-16)11-23-25-18/h2-7,10-11,14,19H,8-9,12,22H2,1H3,(H,23,25)(H,24,27). The van der Waals surface area contributed by atoms with Crippen LogP contribution in [0, 0.1) is 5.92 Å². The van der Waals surface area contributed by atoms with Crippen molar-refractivity contribution in [1.82, 2.24) is 15.1 Å². The molecule has 1 aromatic heterocycles. The van der Waals surface area contributed by atoms with Crippen molar-refractivity contribution in [3.63, 3.8) is 0 Å². The summed E-state index contributed by atoms with van der Waals surface area (Å²) >= 11 is 0. The zero-order valence-electron chi connectivity index (χ0n) is 16.1. The Bertz CT molecular complexity index is 1030. The maximum Gasteiger partial charge on any atom is 0.244 e. The number of nitrogens with zero attached hydrogens (tertiary/aromatic N) is 2. The first-order valence-corrected chi connectivity index (χ1v) is 9.47. The molecule has 2 heterocycles. The minimum Gasteiger partial charge on any atom is -0.497 e. The van der Waals surface area contributed by atoms with E-state index in [4.69, 9.17) is 10.5 Å². The molecule has 150 valence electrons. The number of amides is 2. The zero-order chi connectivity index (χ0) is 20.4. The van der Waals surface area contributed by atoms with Gasteiger partial charge >= 0.3 is 0 Å². The number of likely N-dealkylation sites (tertiary alicyclic amines) is 1. The van der Waals surface area contributed by atoms with Crippen LogP contribution < -0.4 is 15.8 Å².